The monoisotopic (exact) mass is 427 g/mol. The molecular weight excluding hydrogens is 402 g/mol. The van der Waals surface area contributed by atoms with E-state index in [9.17, 15) is 4.79 Å². The number of nitrogens with zero attached hydrogens (tertiary/aromatic N) is 4. The van der Waals surface area contributed by atoms with Gasteiger partial charge in [0, 0.05) is 37.5 Å². The molecule has 0 spiro atoms. The third kappa shape index (κ3) is 4.32. The number of carbonyl (C=O) groups excluding carboxylic acids is 1. The second-order valence-electron chi connectivity index (χ2n) is 8.28. The van der Waals surface area contributed by atoms with E-state index in [0.29, 0.717) is 31.3 Å². The number of aromatic amines is 1. The maximum Gasteiger partial charge on any atom is 0.407 e. The highest BCUT2D eigenvalue weighted by atomic mass is 16.6. The molecule has 31 heavy (non-hydrogen) atoms. The largest absolute Gasteiger partial charge is 0.444 e. The Hall–Kier alpha value is -3.18. The number of hydrogen-bond acceptors (Lipinski definition) is 8. The van der Waals surface area contributed by atoms with Gasteiger partial charge in [0.15, 0.2) is 11.6 Å². The van der Waals surface area contributed by atoms with Gasteiger partial charge < -0.3 is 24.8 Å². The summed E-state index contributed by atoms with van der Waals surface area (Å²) in [6.07, 6.45) is 5.12. The Balaban J connectivity index is 1.22. The van der Waals surface area contributed by atoms with E-state index in [1.807, 2.05) is 19.1 Å². The van der Waals surface area contributed by atoms with Crippen LogP contribution >= 0.6 is 0 Å². The van der Waals surface area contributed by atoms with Crippen LogP contribution in [0.4, 0.5) is 16.4 Å². The minimum absolute atomic E-state index is 0.101. The van der Waals surface area contributed by atoms with Gasteiger partial charge in [0.2, 0.25) is 0 Å². The summed E-state index contributed by atoms with van der Waals surface area (Å²) in [6, 6.07) is 3.79. The first-order valence-electron chi connectivity index (χ1n) is 10.3. The number of H-pyrrole nitrogens is 1. The van der Waals surface area contributed by atoms with E-state index in [1.165, 1.54) is 0 Å². The zero-order valence-electron chi connectivity index (χ0n) is 17.4. The third-order valence-electron chi connectivity index (χ3n) is 5.56. The number of methoxy groups -OCH3 is 1. The van der Waals surface area contributed by atoms with Gasteiger partial charge in [0.05, 0.1) is 24.6 Å². The fourth-order valence-corrected chi connectivity index (χ4v) is 3.61. The van der Waals surface area contributed by atoms with Crippen LogP contribution in [-0.2, 0) is 20.8 Å². The molecule has 11 nitrogen and oxygen atoms in total. The first-order valence-corrected chi connectivity index (χ1v) is 10.3. The Morgan fingerprint density at radius 2 is 2.29 bits per heavy atom. The summed E-state index contributed by atoms with van der Waals surface area (Å²) in [5.41, 5.74) is 2.34. The van der Waals surface area contributed by atoms with E-state index >= 15 is 0 Å². The fourth-order valence-electron chi connectivity index (χ4n) is 3.61. The minimum Gasteiger partial charge on any atom is -0.444 e. The highest BCUT2D eigenvalue weighted by Crippen LogP contribution is 2.35. The lowest BCUT2D eigenvalue weighted by molar-refractivity contribution is 0.0675. The number of nitrogens with one attached hydrogen (secondary N) is 3. The molecule has 3 aromatic rings. The third-order valence-corrected chi connectivity index (χ3v) is 5.56. The number of ether oxygens (including phenoxy) is 3. The van der Waals surface area contributed by atoms with Crippen molar-refractivity contribution >= 4 is 23.2 Å². The average Bonchev–Trinajstić information content (AvgIpc) is 3.16. The molecule has 0 unspecified atom stereocenters. The van der Waals surface area contributed by atoms with Crippen molar-refractivity contribution in [3.05, 3.63) is 35.9 Å². The van der Waals surface area contributed by atoms with E-state index in [4.69, 9.17) is 14.2 Å². The summed E-state index contributed by atoms with van der Waals surface area (Å²) in [5.74, 6) is 1.24. The number of alkyl carbamates (subject to hydrolysis) is 1. The van der Waals surface area contributed by atoms with Crippen molar-refractivity contribution < 1.29 is 19.0 Å². The standard InChI is InChI=1S/C20H25N7O4/c1-20(3-4-20)23-19(28)31-13-8-16(30-11-13)14-9-17(25-24-14)22-18-15-7-12(10-29-2)26-27(15)6-5-21-18/h5-7,9,13,16H,3-4,8,10-11H2,1-2H3,(H,23,28)(H2,21,22,24,25)/t13-,16-/m1/s1. The zero-order valence-corrected chi connectivity index (χ0v) is 17.4. The Morgan fingerprint density at radius 1 is 1.42 bits per heavy atom. The van der Waals surface area contributed by atoms with Gasteiger partial charge in [-0.2, -0.15) is 10.2 Å². The Bertz CT molecular complexity index is 1090. The van der Waals surface area contributed by atoms with Gasteiger partial charge in [0.1, 0.15) is 17.7 Å². The molecule has 0 aromatic carbocycles. The molecule has 1 saturated carbocycles. The van der Waals surface area contributed by atoms with Crippen LogP contribution in [0.3, 0.4) is 0 Å². The number of rotatable bonds is 7. The Labute approximate surface area is 178 Å². The highest BCUT2D eigenvalue weighted by molar-refractivity contribution is 5.72. The summed E-state index contributed by atoms with van der Waals surface area (Å²) in [4.78, 5) is 16.4. The van der Waals surface area contributed by atoms with Crippen LogP contribution in [0.25, 0.3) is 5.52 Å². The molecular formula is C20H25N7O4. The van der Waals surface area contributed by atoms with Crippen molar-refractivity contribution in [3.8, 4) is 0 Å². The van der Waals surface area contributed by atoms with Gasteiger partial charge in [0.25, 0.3) is 0 Å². The van der Waals surface area contributed by atoms with Gasteiger partial charge in [-0.15, -0.1) is 0 Å². The lowest BCUT2D eigenvalue weighted by Gasteiger charge is -2.15. The molecule has 3 aromatic heterocycles. The second kappa shape index (κ2) is 7.82. The average molecular weight is 427 g/mol. The molecule has 5 rings (SSSR count). The molecule has 4 heterocycles. The predicted molar refractivity (Wildman–Crippen MR) is 110 cm³/mol. The number of aromatic nitrogens is 5. The van der Waals surface area contributed by atoms with Crippen LogP contribution in [0.5, 0.6) is 0 Å². The van der Waals surface area contributed by atoms with Gasteiger partial charge in [-0.1, -0.05) is 0 Å². The van der Waals surface area contributed by atoms with Crippen molar-refractivity contribution in [3.63, 3.8) is 0 Å². The Morgan fingerprint density at radius 3 is 3.10 bits per heavy atom. The number of fused-ring (bicyclic) bond motifs is 1. The summed E-state index contributed by atoms with van der Waals surface area (Å²) >= 11 is 0. The van der Waals surface area contributed by atoms with E-state index in [0.717, 1.165) is 29.7 Å². The molecule has 0 radical (unpaired) electrons. The molecule has 3 N–H and O–H groups in total. The van der Waals surface area contributed by atoms with Crippen molar-refractivity contribution in [1.82, 2.24) is 30.1 Å². The number of hydrogen-bond donors (Lipinski definition) is 3. The van der Waals surface area contributed by atoms with Crippen molar-refractivity contribution in [1.29, 1.82) is 0 Å². The van der Waals surface area contributed by atoms with Crippen LogP contribution in [0.15, 0.2) is 24.5 Å². The SMILES string of the molecule is COCc1cc2c(Nc3cc([C@H]4C[C@@H](OC(=O)NC5(C)CC5)CO4)[nH]n3)nccn2n1. The molecule has 2 aliphatic rings. The van der Waals surface area contributed by atoms with Crippen molar-refractivity contribution in [2.75, 3.05) is 19.0 Å². The number of carbonyl (C=O) groups is 1. The number of anilines is 2. The quantitative estimate of drug-likeness (QED) is 0.525. The molecule has 2 atom stereocenters. The summed E-state index contributed by atoms with van der Waals surface area (Å²) < 4.78 is 18.2. The van der Waals surface area contributed by atoms with E-state index in [2.05, 4.69) is 30.9 Å². The van der Waals surface area contributed by atoms with E-state index < -0.39 is 0 Å². The second-order valence-corrected chi connectivity index (χ2v) is 8.28. The van der Waals surface area contributed by atoms with Gasteiger partial charge in [-0.25, -0.2) is 14.3 Å². The molecule has 0 bridgehead atoms. The lowest BCUT2D eigenvalue weighted by Crippen LogP contribution is -2.37. The minimum atomic E-state index is -0.381. The van der Waals surface area contributed by atoms with E-state index in [-0.39, 0.29) is 23.8 Å². The normalized spacial score (nSPS) is 21.9. The lowest BCUT2D eigenvalue weighted by atomic mass is 10.1. The number of amides is 1. The summed E-state index contributed by atoms with van der Waals surface area (Å²) in [5, 5.41) is 17.9. The maximum absolute atomic E-state index is 12.0. The maximum atomic E-state index is 12.0. The molecule has 1 saturated heterocycles. The van der Waals surface area contributed by atoms with Gasteiger partial charge >= 0.3 is 6.09 Å². The smallest absolute Gasteiger partial charge is 0.407 e. The topological polar surface area (TPSA) is 128 Å². The molecule has 164 valence electrons. The van der Waals surface area contributed by atoms with E-state index in [1.54, 1.807) is 24.0 Å². The predicted octanol–water partition coefficient (Wildman–Crippen LogP) is 2.45. The molecule has 1 amide bonds. The van der Waals surface area contributed by atoms with Crippen LogP contribution < -0.4 is 10.6 Å². The van der Waals surface area contributed by atoms with Crippen LogP contribution in [0.2, 0.25) is 0 Å². The van der Waals surface area contributed by atoms with Crippen molar-refractivity contribution in [2.24, 2.45) is 0 Å². The van der Waals surface area contributed by atoms with Gasteiger partial charge in [-0.05, 0) is 25.8 Å². The fraction of sp³-hybridized carbons (Fsp3) is 0.500. The zero-order chi connectivity index (χ0) is 21.4. The molecule has 2 fully saturated rings. The Kier molecular flexibility index (Phi) is 4.98. The first kappa shape index (κ1) is 19.8. The van der Waals surface area contributed by atoms with Crippen molar-refractivity contribution in [2.45, 2.75) is 50.5 Å². The summed E-state index contributed by atoms with van der Waals surface area (Å²) in [7, 11) is 1.63. The van der Waals surface area contributed by atoms with Crippen LogP contribution in [0.1, 0.15) is 43.7 Å². The molecule has 11 heteroatoms. The molecule has 1 aliphatic heterocycles. The molecule has 1 aliphatic carbocycles. The van der Waals surface area contributed by atoms with Crippen LogP contribution in [0, 0.1) is 0 Å². The van der Waals surface area contributed by atoms with Gasteiger partial charge in [-0.3, -0.25) is 5.10 Å². The highest BCUT2D eigenvalue weighted by Gasteiger charge is 2.40. The first-order chi connectivity index (χ1) is 15.0. The van der Waals surface area contributed by atoms with Crippen LogP contribution in [-0.4, -0.2) is 56.2 Å². The summed E-state index contributed by atoms with van der Waals surface area (Å²) in [6.45, 7) is 2.79.